The highest BCUT2D eigenvalue weighted by Gasteiger charge is 2.20. The molecule has 0 aliphatic carbocycles. The van der Waals surface area contributed by atoms with Crippen molar-refractivity contribution in [1.82, 2.24) is 4.90 Å². The molecule has 0 atom stereocenters. The Balaban J connectivity index is 2.74. The zero-order valence-electron chi connectivity index (χ0n) is 11.1. The fraction of sp³-hybridized carbons (Fsp3) is 0.714. The summed E-state index contributed by atoms with van der Waals surface area (Å²) in [6, 6.07) is 0. The highest BCUT2D eigenvalue weighted by Crippen LogP contribution is 2.28. The zero-order chi connectivity index (χ0) is 11.7. The van der Waals surface area contributed by atoms with E-state index in [-0.39, 0.29) is 5.54 Å². The summed E-state index contributed by atoms with van der Waals surface area (Å²) in [5.41, 5.74) is 2.05. The van der Waals surface area contributed by atoms with Crippen molar-refractivity contribution in [3.05, 3.63) is 23.9 Å². The van der Waals surface area contributed by atoms with E-state index in [1.165, 1.54) is 5.57 Å². The molecule has 1 aliphatic heterocycles. The normalized spacial score (nSPS) is 18.0. The molecule has 0 saturated carbocycles. The van der Waals surface area contributed by atoms with Gasteiger partial charge < -0.3 is 4.90 Å². The smallest absolute Gasteiger partial charge is 0.0362 e. The van der Waals surface area contributed by atoms with Crippen molar-refractivity contribution >= 4 is 0 Å². The Morgan fingerprint density at radius 1 is 1.13 bits per heavy atom. The number of allylic oxidation sites excluding steroid dienone is 2. The lowest BCUT2D eigenvalue weighted by molar-refractivity contribution is 0.220. The molecule has 1 nitrogen and oxygen atoms in total. The van der Waals surface area contributed by atoms with Crippen molar-refractivity contribution in [1.29, 1.82) is 0 Å². The maximum absolute atomic E-state index is 2.41. The van der Waals surface area contributed by atoms with Gasteiger partial charge in [-0.2, -0.15) is 0 Å². The van der Waals surface area contributed by atoms with Crippen molar-refractivity contribution in [2.75, 3.05) is 6.54 Å². The summed E-state index contributed by atoms with van der Waals surface area (Å²) in [5, 5.41) is 0. The molecule has 0 saturated heterocycles. The van der Waals surface area contributed by atoms with Gasteiger partial charge >= 0.3 is 0 Å². The van der Waals surface area contributed by atoms with E-state index in [0.29, 0.717) is 5.41 Å². The van der Waals surface area contributed by atoms with E-state index in [4.69, 9.17) is 0 Å². The third-order valence-electron chi connectivity index (χ3n) is 2.55. The second-order valence-corrected chi connectivity index (χ2v) is 6.67. The number of rotatable bonds is 1. The van der Waals surface area contributed by atoms with E-state index >= 15 is 0 Å². The van der Waals surface area contributed by atoms with Crippen molar-refractivity contribution in [3.63, 3.8) is 0 Å². The zero-order valence-corrected chi connectivity index (χ0v) is 11.1. The number of hydrogen-bond donors (Lipinski definition) is 0. The summed E-state index contributed by atoms with van der Waals surface area (Å²) in [6.45, 7) is 14.7. The van der Waals surface area contributed by atoms with Crippen molar-refractivity contribution in [3.8, 4) is 0 Å². The predicted molar refractivity (Wildman–Crippen MR) is 67.8 cm³/mol. The largest absolute Gasteiger partial charge is 0.369 e. The molecule has 0 spiro atoms. The van der Waals surface area contributed by atoms with Gasteiger partial charge in [-0.25, -0.2) is 0 Å². The van der Waals surface area contributed by atoms with Crippen LogP contribution >= 0.6 is 0 Å². The Morgan fingerprint density at radius 2 is 1.73 bits per heavy atom. The lowest BCUT2D eigenvalue weighted by atomic mass is 9.87. The van der Waals surface area contributed by atoms with Crippen LogP contribution in [0.25, 0.3) is 0 Å². The van der Waals surface area contributed by atoms with Gasteiger partial charge in [0.25, 0.3) is 0 Å². The first-order valence-corrected chi connectivity index (χ1v) is 5.82. The van der Waals surface area contributed by atoms with Gasteiger partial charge in [-0.3, -0.25) is 0 Å². The lowest BCUT2D eigenvalue weighted by Crippen LogP contribution is -2.38. The number of hydrogen-bond acceptors (Lipinski definition) is 1. The molecule has 1 aliphatic rings. The molecule has 1 heterocycles. The average Bonchev–Trinajstić information content (AvgIpc) is 1.99. The van der Waals surface area contributed by atoms with Crippen LogP contribution in [-0.4, -0.2) is 17.0 Å². The van der Waals surface area contributed by atoms with E-state index < -0.39 is 0 Å². The van der Waals surface area contributed by atoms with Gasteiger partial charge in [-0.15, -0.1) is 0 Å². The molecule has 0 N–H and O–H groups in total. The molecule has 15 heavy (non-hydrogen) atoms. The molecule has 0 radical (unpaired) electrons. The highest BCUT2D eigenvalue weighted by molar-refractivity contribution is 5.24. The van der Waals surface area contributed by atoms with Gasteiger partial charge in [0.05, 0.1) is 0 Å². The molecule has 0 bridgehead atoms. The monoisotopic (exact) mass is 207 g/mol. The topological polar surface area (TPSA) is 3.24 Å². The molecule has 0 amide bonds. The third kappa shape index (κ3) is 4.11. The molecule has 1 rings (SSSR count). The summed E-state index contributed by atoms with van der Waals surface area (Å²) >= 11 is 0. The Morgan fingerprint density at radius 3 is 2.20 bits per heavy atom. The van der Waals surface area contributed by atoms with Gasteiger partial charge in [-0.1, -0.05) is 32.9 Å². The van der Waals surface area contributed by atoms with Gasteiger partial charge in [-0.05, 0) is 38.2 Å². The van der Waals surface area contributed by atoms with Gasteiger partial charge in [0, 0.05) is 18.3 Å². The molecule has 1 heteroatoms. The maximum atomic E-state index is 2.41. The summed E-state index contributed by atoms with van der Waals surface area (Å²) in [6.07, 6.45) is 8.02. The Bertz CT molecular complexity index is 271. The highest BCUT2D eigenvalue weighted by atomic mass is 15.2. The predicted octanol–water partition coefficient (Wildman–Crippen LogP) is 3.98. The first kappa shape index (κ1) is 12.4. The minimum Gasteiger partial charge on any atom is -0.369 e. The fourth-order valence-corrected chi connectivity index (χ4v) is 1.80. The van der Waals surface area contributed by atoms with Crippen molar-refractivity contribution < 1.29 is 0 Å². The van der Waals surface area contributed by atoms with Gasteiger partial charge in [0.2, 0.25) is 0 Å². The van der Waals surface area contributed by atoms with Crippen LogP contribution in [0.2, 0.25) is 0 Å². The summed E-state index contributed by atoms with van der Waals surface area (Å²) in [7, 11) is 0. The Labute approximate surface area is 94.9 Å². The maximum Gasteiger partial charge on any atom is 0.0362 e. The lowest BCUT2D eigenvalue weighted by Gasteiger charge is -2.37. The fourth-order valence-electron chi connectivity index (χ4n) is 1.80. The second kappa shape index (κ2) is 4.03. The second-order valence-electron chi connectivity index (χ2n) is 6.67. The molecule has 86 valence electrons. The van der Waals surface area contributed by atoms with E-state index in [9.17, 15) is 0 Å². The first-order valence-electron chi connectivity index (χ1n) is 5.82. The molecule has 0 aromatic carbocycles. The van der Waals surface area contributed by atoms with Gasteiger partial charge in [0.15, 0.2) is 0 Å². The molecule has 0 aromatic rings. The number of nitrogens with zero attached hydrogens (tertiary/aromatic N) is 1. The minimum atomic E-state index is 0.230. The van der Waals surface area contributed by atoms with E-state index in [1.54, 1.807) is 0 Å². The standard InChI is InChI=1S/C14H25N/c1-13(2,3)10-12-8-7-9-15(11-12)14(4,5)6/h7-8,11H,9-10H2,1-6H3. The molecule has 0 fully saturated rings. The van der Waals surface area contributed by atoms with Crippen molar-refractivity contribution in [2.45, 2.75) is 53.5 Å². The summed E-state index contributed by atoms with van der Waals surface area (Å²) in [4.78, 5) is 2.41. The van der Waals surface area contributed by atoms with E-state index in [2.05, 4.69) is 64.8 Å². The summed E-state index contributed by atoms with van der Waals surface area (Å²) in [5.74, 6) is 0. The first-order chi connectivity index (χ1) is 6.68. The van der Waals surface area contributed by atoms with Gasteiger partial charge in [0.1, 0.15) is 0 Å². The quantitative estimate of drug-likeness (QED) is 0.628. The summed E-state index contributed by atoms with van der Waals surface area (Å²) < 4.78 is 0. The molecular weight excluding hydrogens is 182 g/mol. The molecule has 0 unspecified atom stereocenters. The Hall–Kier alpha value is -0.720. The van der Waals surface area contributed by atoms with E-state index in [1.807, 2.05) is 0 Å². The van der Waals surface area contributed by atoms with Crippen LogP contribution in [0.5, 0.6) is 0 Å². The SMILES string of the molecule is CC(C)(C)CC1=CN(C(C)(C)C)CC=C1. The molecular formula is C14H25N. The van der Waals surface area contributed by atoms with Crippen LogP contribution in [0.4, 0.5) is 0 Å². The van der Waals surface area contributed by atoms with Crippen LogP contribution in [0.15, 0.2) is 23.9 Å². The third-order valence-corrected chi connectivity index (χ3v) is 2.55. The van der Waals surface area contributed by atoms with Crippen LogP contribution in [0.1, 0.15) is 48.0 Å². The van der Waals surface area contributed by atoms with Crippen LogP contribution in [0, 0.1) is 5.41 Å². The minimum absolute atomic E-state index is 0.230. The van der Waals surface area contributed by atoms with Crippen LogP contribution in [-0.2, 0) is 0 Å². The van der Waals surface area contributed by atoms with E-state index in [0.717, 1.165) is 13.0 Å². The van der Waals surface area contributed by atoms with Crippen LogP contribution < -0.4 is 0 Å². The average molecular weight is 207 g/mol. The van der Waals surface area contributed by atoms with Crippen molar-refractivity contribution in [2.24, 2.45) is 5.41 Å². The Kier molecular flexibility index (Phi) is 3.32. The van der Waals surface area contributed by atoms with Crippen LogP contribution in [0.3, 0.4) is 0 Å². The molecule has 0 aromatic heterocycles.